The first-order valence-electron chi connectivity index (χ1n) is 5.06. The normalized spacial score (nSPS) is 11.3. The van der Waals surface area contributed by atoms with Crippen molar-refractivity contribution in [3.05, 3.63) is 29.8 Å². The first-order valence-corrected chi connectivity index (χ1v) is 6.71. The van der Waals surface area contributed by atoms with Gasteiger partial charge in [0.2, 0.25) is 0 Å². The molecule has 0 radical (unpaired) electrons. The first-order chi connectivity index (χ1) is 7.60. The maximum Gasteiger partial charge on any atom is 0.178 e. The van der Waals surface area contributed by atoms with Crippen LogP contribution in [0.2, 0.25) is 0 Å². The summed E-state index contributed by atoms with van der Waals surface area (Å²) in [7, 11) is -3.12. The Morgan fingerprint density at radius 3 is 2.38 bits per heavy atom. The minimum atomic E-state index is -3.12. The second kappa shape index (κ2) is 5.77. The molecule has 1 aromatic carbocycles. The van der Waals surface area contributed by atoms with Gasteiger partial charge in [-0.1, -0.05) is 19.1 Å². The fourth-order valence-corrected chi connectivity index (χ4v) is 2.14. The Morgan fingerprint density at radius 2 is 1.88 bits per heavy atom. The van der Waals surface area contributed by atoms with Crippen molar-refractivity contribution < 1.29 is 13.2 Å². The van der Waals surface area contributed by atoms with E-state index in [0.29, 0.717) is 18.0 Å². The molecule has 5 heteroatoms. The van der Waals surface area contributed by atoms with Crippen LogP contribution in [0.3, 0.4) is 0 Å². The maximum atomic E-state index is 11.5. The Balaban J connectivity index is 2.72. The number of nitrogens with one attached hydrogen (secondary N) is 1. The van der Waals surface area contributed by atoms with Crippen LogP contribution in [0.15, 0.2) is 29.2 Å². The molecule has 0 aliphatic rings. The number of aldehydes is 1. The molecule has 0 atom stereocenters. The van der Waals surface area contributed by atoms with Crippen molar-refractivity contribution in [2.75, 3.05) is 12.3 Å². The summed E-state index contributed by atoms with van der Waals surface area (Å²) in [5.74, 6) is 0.107. The van der Waals surface area contributed by atoms with Crippen LogP contribution >= 0.6 is 0 Å². The minimum absolute atomic E-state index is 0.107. The van der Waals surface area contributed by atoms with Gasteiger partial charge in [0.05, 0.1) is 17.2 Å². The Labute approximate surface area is 95.6 Å². The molecule has 0 saturated heterocycles. The lowest BCUT2D eigenvalue weighted by molar-refractivity contribution is -0.107. The number of benzene rings is 1. The maximum absolute atomic E-state index is 11.5. The van der Waals surface area contributed by atoms with E-state index in [2.05, 4.69) is 5.32 Å². The van der Waals surface area contributed by atoms with Gasteiger partial charge in [0, 0.05) is 6.54 Å². The highest BCUT2D eigenvalue weighted by Crippen LogP contribution is 2.12. The molecule has 1 aromatic rings. The summed E-state index contributed by atoms with van der Waals surface area (Å²) in [6, 6.07) is 6.69. The second-order valence-electron chi connectivity index (χ2n) is 3.34. The van der Waals surface area contributed by atoms with Crippen molar-refractivity contribution in [1.29, 1.82) is 0 Å². The predicted octanol–water partition coefficient (Wildman–Crippen LogP) is 0.769. The summed E-state index contributed by atoms with van der Waals surface area (Å²) in [5.41, 5.74) is 0.955. The van der Waals surface area contributed by atoms with Crippen LogP contribution < -0.4 is 5.32 Å². The summed E-state index contributed by atoms with van der Waals surface area (Å²) in [6.07, 6.45) is 0.788. The van der Waals surface area contributed by atoms with Crippen LogP contribution in [-0.2, 0) is 21.2 Å². The third-order valence-corrected chi connectivity index (χ3v) is 3.97. The lowest BCUT2D eigenvalue weighted by atomic mass is 10.2. The largest absolute Gasteiger partial charge is 0.306 e. The molecule has 0 unspecified atom stereocenters. The molecule has 0 saturated carbocycles. The lowest BCUT2D eigenvalue weighted by Crippen LogP contribution is -2.15. The lowest BCUT2D eigenvalue weighted by Gasteiger charge is -2.04. The van der Waals surface area contributed by atoms with Crippen LogP contribution in [0.5, 0.6) is 0 Å². The first kappa shape index (κ1) is 12.9. The summed E-state index contributed by atoms with van der Waals surface area (Å²) in [5, 5.41) is 2.91. The molecule has 88 valence electrons. The SMILES string of the molecule is CCS(=O)(=O)c1ccc(CNCC=O)cc1. The molecule has 0 aromatic heterocycles. The molecule has 16 heavy (non-hydrogen) atoms. The highest BCUT2D eigenvalue weighted by atomic mass is 32.2. The summed E-state index contributed by atoms with van der Waals surface area (Å²) in [6.45, 7) is 2.48. The van der Waals surface area contributed by atoms with Crippen molar-refractivity contribution in [1.82, 2.24) is 5.32 Å². The van der Waals surface area contributed by atoms with E-state index >= 15 is 0 Å². The molecular weight excluding hydrogens is 226 g/mol. The number of sulfone groups is 1. The van der Waals surface area contributed by atoms with Crippen molar-refractivity contribution >= 4 is 16.1 Å². The zero-order valence-corrected chi connectivity index (χ0v) is 9.96. The van der Waals surface area contributed by atoms with Crippen LogP contribution in [0.25, 0.3) is 0 Å². The monoisotopic (exact) mass is 241 g/mol. The molecule has 0 heterocycles. The van der Waals surface area contributed by atoms with Crippen LogP contribution in [0.1, 0.15) is 12.5 Å². The topological polar surface area (TPSA) is 63.2 Å². The standard InChI is InChI=1S/C11H15NO3S/c1-2-16(14,15)11-5-3-10(4-6-11)9-12-7-8-13/h3-6,8,12H,2,7,9H2,1H3. The molecular formula is C11H15NO3S. The van der Waals surface area contributed by atoms with Crippen molar-refractivity contribution in [2.45, 2.75) is 18.4 Å². The number of carbonyl (C=O) groups is 1. The van der Waals surface area contributed by atoms with E-state index in [1.54, 1.807) is 31.2 Å². The third-order valence-electron chi connectivity index (χ3n) is 2.22. The Morgan fingerprint density at radius 1 is 1.25 bits per heavy atom. The molecule has 0 fully saturated rings. The Bertz CT molecular complexity index is 437. The number of rotatable bonds is 6. The zero-order valence-electron chi connectivity index (χ0n) is 9.14. The van der Waals surface area contributed by atoms with Gasteiger partial charge < -0.3 is 10.1 Å². The number of hydrogen-bond donors (Lipinski definition) is 1. The van der Waals surface area contributed by atoms with E-state index < -0.39 is 9.84 Å². The molecule has 1 N–H and O–H groups in total. The van der Waals surface area contributed by atoms with Gasteiger partial charge in [0.15, 0.2) is 9.84 Å². The average molecular weight is 241 g/mol. The van der Waals surface area contributed by atoms with Gasteiger partial charge in [-0.3, -0.25) is 0 Å². The van der Waals surface area contributed by atoms with E-state index in [4.69, 9.17) is 0 Å². The van der Waals surface area contributed by atoms with Crippen molar-refractivity contribution in [2.24, 2.45) is 0 Å². The van der Waals surface area contributed by atoms with Crippen molar-refractivity contribution in [3.8, 4) is 0 Å². The predicted molar refractivity (Wildman–Crippen MR) is 61.9 cm³/mol. The molecule has 0 aliphatic carbocycles. The van der Waals surface area contributed by atoms with Gasteiger partial charge in [-0.05, 0) is 17.7 Å². The number of hydrogen-bond acceptors (Lipinski definition) is 4. The highest BCUT2D eigenvalue weighted by Gasteiger charge is 2.10. The van der Waals surface area contributed by atoms with Gasteiger partial charge in [-0.15, -0.1) is 0 Å². The molecule has 0 bridgehead atoms. The van der Waals surface area contributed by atoms with E-state index in [0.717, 1.165) is 11.8 Å². The Kier molecular flexibility index (Phi) is 4.64. The molecule has 0 aliphatic heterocycles. The van der Waals surface area contributed by atoms with Gasteiger partial charge >= 0.3 is 0 Å². The molecule has 1 rings (SSSR count). The quantitative estimate of drug-likeness (QED) is 0.590. The third kappa shape index (κ3) is 3.43. The van der Waals surface area contributed by atoms with Gasteiger partial charge in [-0.2, -0.15) is 0 Å². The molecule has 0 amide bonds. The van der Waals surface area contributed by atoms with E-state index in [1.165, 1.54) is 0 Å². The fraction of sp³-hybridized carbons (Fsp3) is 0.364. The van der Waals surface area contributed by atoms with Gasteiger partial charge in [0.25, 0.3) is 0 Å². The zero-order chi connectivity index (χ0) is 12.0. The number of carbonyl (C=O) groups excluding carboxylic acids is 1. The van der Waals surface area contributed by atoms with Crippen LogP contribution in [0, 0.1) is 0 Å². The van der Waals surface area contributed by atoms with Gasteiger partial charge in [0.1, 0.15) is 6.29 Å². The average Bonchev–Trinajstić information content (AvgIpc) is 2.30. The van der Waals surface area contributed by atoms with E-state index in [9.17, 15) is 13.2 Å². The highest BCUT2D eigenvalue weighted by molar-refractivity contribution is 7.91. The smallest absolute Gasteiger partial charge is 0.178 e. The minimum Gasteiger partial charge on any atom is -0.306 e. The van der Waals surface area contributed by atoms with Crippen LogP contribution in [-0.4, -0.2) is 27.0 Å². The molecule has 0 spiro atoms. The van der Waals surface area contributed by atoms with Crippen LogP contribution in [0.4, 0.5) is 0 Å². The molecule has 4 nitrogen and oxygen atoms in total. The van der Waals surface area contributed by atoms with Crippen molar-refractivity contribution in [3.63, 3.8) is 0 Å². The summed E-state index contributed by atoms with van der Waals surface area (Å²) >= 11 is 0. The van der Waals surface area contributed by atoms with E-state index in [-0.39, 0.29) is 5.75 Å². The summed E-state index contributed by atoms with van der Waals surface area (Å²) in [4.78, 5) is 10.4. The Hall–Kier alpha value is -1.20. The second-order valence-corrected chi connectivity index (χ2v) is 5.62. The van der Waals surface area contributed by atoms with Gasteiger partial charge in [-0.25, -0.2) is 8.42 Å². The fourth-order valence-electron chi connectivity index (χ4n) is 1.26. The summed E-state index contributed by atoms with van der Waals surface area (Å²) < 4.78 is 23.0. The van der Waals surface area contributed by atoms with E-state index in [1.807, 2.05) is 0 Å².